The molecule has 0 N–H and O–H groups in total. The van der Waals surface area contributed by atoms with E-state index in [9.17, 15) is 0 Å². The van der Waals surface area contributed by atoms with E-state index in [4.69, 9.17) is 0 Å². The van der Waals surface area contributed by atoms with Gasteiger partial charge in [0.1, 0.15) is 0 Å². The molecule has 0 aliphatic heterocycles. The zero-order valence-corrected chi connectivity index (χ0v) is 30.2. The summed E-state index contributed by atoms with van der Waals surface area (Å²) < 4.78 is 1.21. The molecule has 0 spiro atoms. The van der Waals surface area contributed by atoms with E-state index in [0.29, 0.717) is 0 Å². The number of nitrogens with zero attached hydrogens (tertiary/aromatic N) is 2. The van der Waals surface area contributed by atoms with Crippen molar-refractivity contribution in [1.29, 1.82) is 0 Å². The van der Waals surface area contributed by atoms with Crippen LogP contribution in [0.15, 0.2) is 206 Å². The van der Waals surface area contributed by atoms with E-state index in [0.717, 1.165) is 17.1 Å². The Morgan fingerprint density at radius 1 is 0.370 bits per heavy atom. The van der Waals surface area contributed by atoms with Gasteiger partial charge in [0.05, 0.1) is 4.70 Å². The number of hydrogen-bond donors (Lipinski definition) is 0. The fraction of sp³-hybridized carbons (Fsp3) is 0. The average Bonchev–Trinajstić information content (AvgIpc) is 3.69. The summed E-state index contributed by atoms with van der Waals surface area (Å²) in [4.78, 5) is 6.63. The van der Waals surface area contributed by atoms with Gasteiger partial charge < -0.3 is 4.90 Å². The summed E-state index contributed by atoms with van der Waals surface area (Å²) in [6.45, 7) is 0. The summed E-state index contributed by atoms with van der Waals surface area (Å²) >= 11 is 1.74. The number of rotatable bonds is 7. The molecule has 254 valence electrons. The normalized spacial score (nSPS) is 11.3. The summed E-state index contributed by atoms with van der Waals surface area (Å²) in [5.74, 6) is 0. The fourth-order valence-electron chi connectivity index (χ4n) is 7.54. The van der Waals surface area contributed by atoms with Crippen LogP contribution in [0.3, 0.4) is 0 Å². The highest BCUT2D eigenvalue weighted by molar-refractivity contribution is 7.17. The molecule has 0 radical (unpaired) electrons. The number of pyridine rings is 1. The second-order valence-electron chi connectivity index (χ2n) is 13.7. The molecule has 2 nitrogen and oxygen atoms in total. The van der Waals surface area contributed by atoms with E-state index in [2.05, 4.69) is 203 Å². The van der Waals surface area contributed by atoms with Crippen LogP contribution < -0.4 is 4.90 Å². The van der Waals surface area contributed by atoms with Crippen molar-refractivity contribution >= 4 is 60.0 Å². The molecule has 0 saturated carbocycles. The van der Waals surface area contributed by atoms with Gasteiger partial charge in [0.15, 0.2) is 0 Å². The van der Waals surface area contributed by atoms with Gasteiger partial charge in [0, 0.05) is 40.4 Å². The lowest BCUT2D eigenvalue weighted by molar-refractivity contribution is 1.28. The minimum Gasteiger partial charge on any atom is -0.311 e. The largest absolute Gasteiger partial charge is 0.311 e. The Morgan fingerprint density at radius 2 is 0.778 bits per heavy atom. The van der Waals surface area contributed by atoms with Gasteiger partial charge in [0.25, 0.3) is 0 Å². The molecule has 54 heavy (non-hydrogen) atoms. The lowest BCUT2D eigenvalue weighted by Gasteiger charge is -2.26. The van der Waals surface area contributed by atoms with Crippen LogP contribution in [0.2, 0.25) is 0 Å². The van der Waals surface area contributed by atoms with Crippen LogP contribution >= 0.6 is 11.3 Å². The Labute approximate surface area is 318 Å². The second kappa shape index (κ2) is 13.6. The van der Waals surface area contributed by atoms with Gasteiger partial charge in [-0.2, -0.15) is 0 Å². The second-order valence-corrected chi connectivity index (χ2v) is 14.6. The predicted molar refractivity (Wildman–Crippen MR) is 231 cm³/mol. The molecule has 2 heterocycles. The number of aromatic nitrogens is 1. The lowest BCUT2D eigenvalue weighted by Crippen LogP contribution is -2.09. The number of benzene rings is 8. The minimum absolute atomic E-state index is 1.10. The molecule has 2 aromatic heterocycles. The third-order valence-electron chi connectivity index (χ3n) is 10.4. The summed E-state index contributed by atoms with van der Waals surface area (Å²) in [7, 11) is 0. The van der Waals surface area contributed by atoms with Gasteiger partial charge in [0.2, 0.25) is 0 Å². The molecular weight excluding hydrogens is 673 g/mol. The molecule has 0 aliphatic rings. The number of thiophene rings is 1. The van der Waals surface area contributed by atoms with Crippen LogP contribution in [-0.2, 0) is 0 Å². The van der Waals surface area contributed by atoms with Crippen LogP contribution in [0.1, 0.15) is 0 Å². The van der Waals surface area contributed by atoms with Gasteiger partial charge in [-0.3, -0.25) is 4.98 Å². The fourth-order valence-corrected chi connectivity index (χ4v) is 8.48. The molecule has 10 rings (SSSR count). The smallest absolute Gasteiger partial charge is 0.0532 e. The lowest BCUT2D eigenvalue weighted by atomic mass is 9.99. The third kappa shape index (κ3) is 6.01. The van der Waals surface area contributed by atoms with Crippen molar-refractivity contribution in [1.82, 2.24) is 4.98 Å². The first kappa shape index (κ1) is 31.9. The van der Waals surface area contributed by atoms with Gasteiger partial charge in [-0.25, -0.2) is 0 Å². The van der Waals surface area contributed by atoms with E-state index < -0.39 is 0 Å². The first-order valence-electron chi connectivity index (χ1n) is 18.2. The minimum atomic E-state index is 1.10. The number of anilines is 3. The van der Waals surface area contributed by atoms with E-state index in [-0.39, 0.29) is 0 Å². The van der Waals surface area contributed by atoms with Crippen LogP contribution in [0, 0.1) is 0 Å². The Hall–Kier alpha value is -6.81. The maximum absolute atomic E-state index is 4.29. The Bertz CT molecular complexity index is 2780. The first-order chi connectivity index (χ1) is 26.7. The molecule has 0 unspecified atom stereocenters. The molecule has 0 fully saturated rings. The monoisotopic (exact) mass is 706 g/mol. The van der Waals surface area contributed by atoms with Crippen LogP contribution in [-0.4, -0.2) is 4.98 Å². The molecule has 3 heteroatoms. The molecule has 0 amide bonds. The van der Waals surface area contributed by atoms with Crippen molar-refractivity contribution in [2.24, 2.45) is 0 Å². The summed E-state index contributed by atoms with van der Waals surface area (Å²) in [6.07, 6.45) is 3.82. The zero-order valence-electron chi connectivity index (χ0n) is 29.4. The summed E-state index contributed by atoms with van der Waals surface area (Å²) in [6, 6.07) is 68.3. The summed E-state index contributed by atoms with van der Waals surface area (Å²) in [5.41, 5.74) is 13.0. The quantitative estimate of drug-likeness (QED) is 0.164. The average molecular weight is 707 g/mol. The van der Waals surface area contributed by atoms with Crippen LogP contribution in [0.5, 0.6) is 0 Å². The van der Waals surface area contributed by atoms with Crippen molar-refractivity contribution in [2.75, 3.05) is 4.90 Å². The molecule has 0 aliphatic carbocycles. The van der Waals surface area contributed by atoms with Crippen molar-refractivity contribution in [3.63, 3.8) is 0 Å². The van der Waals surface area contributed by atoms with Crippen LogP contribution in [0.25, 0.3) is 76.1 Å². The molecule has 0 atom stereocenters. The first-order valence-corrected chi connectivity index (χ1v) is 19.1. The number of fused-ring (bicyclic) bond motifs is 3. The zero-order chi connectivity index (χ0) is 35.8. The van der Waals surface area contributed by atoms with E-state index >= 15 is 0 Å². The van der Waals surface area contributed by atoms with E-state index in [1.54, 1.807) is 11.3 Å². The van der Waals surface area contributed by atoms with E-state index in [1.165, 1.54) is 76.1 Å². The highest BCUT2D eigenvalue weighted by Gasteiger charge is 2.15. The highest BCUT2D eigenvalue weighted by atomic mass is 32.1. The van der Waals surface area contributed by atoms with Crippen LogP contribution in [0.4, 0.5) is 17.1 Å². The van der Waals surface area contributed by atoms with Gasteiger partial charge in [-0.15, -0.1) is 11.3 Å². The maximum Gasteiger partial charge on any atom is 0.0532 e. The van der Waals surface area contributed by atoms with Gasteiger partial charge >= 0.3 is 0 Å². The number of hydrogen-bond acceptors (Lipinski definition) is 3. The molecular formula is C51H34N2S. The Kier molecular flexibility index (Phi) is 8.05. The van der Waals surface area contributed by atoms with Gasteiger partial charge in [-0.05, 0) is 120 Å². The van der Waals surface area contributed by atoms with Crippen molar-refractivity contribution in [3.8, 4) is 44.5 Å². The maximum atomic E-state index is 4.29. The topological polar surface area (TPSA) is 16.1 Å². The Morgan fingerprint density at radius 3 is 1.28 bits per heavy atom. The SMILES string of the molecule is c1ccc2cc(-c3ccc(N(c4ccc(-c5ccc(-c6csc7cnccc67)cc5)cc4)c4ccc(-c5ccc6ccccc6c5)cc4)cc3)ccc2c1. The van der Waals surface area contributed by atoms with E-state index in [1.807, 2.05) is 12.4 Å². The Balaban J connectivity index is 0.985. The standard InChI is InChI=1S/C51H34N2S/c1-3-7-42-31-44(15-11-35(42)5-1)39-19-25-47(26-20-39)53(48-27-21-40(22-28-48)45-16-12-36-6-2-4-8-43(36)32-45)46-23-17-38(18-24-46)37-9-13-41(14-10-37)50-34-54-51-33-52-30-29-49(50)51/h1-34H. The predicted octanol–water partition coefficient (Wildman–Crippen LogP) is 14.7. The molecule has 0 bridgehead atoms. The van der Waals surface area contributed by atoms with Crippen molar-refractivity contribution < 1.29 is 0 Å². The molecule has 10 aromatic rings. The molecule has 8 aromatic carbocycles. The highest BCUT2D eigenvalue weighted by Crippen LogP contribution is 2.39. The molecule has 0 saturated heterocycles. The summed E-state index contributed by atoms with van der Waals surface area (Å²) in [5, 5.41) is 8.49. The van der Waals surface area contributed by atoms with Crippen molar-refractivity contribution in [2.45, 2.75) is 0 Å². The van der Waals surface area contributed by atoms with Crippen molar-refractivity contribution in [3.05, 3.63) is 206 Å². The van der Waals surface area contributed by atoms with Gasteiger partial charge in [-0.1, -0.05) is 133 Å². The third-order valence-corrected chi connectivity index (χ3v) is 11.4.